The Kier molecular flexibility index (Phi) is 7.43. The molecule has 8 heteroatoms. The number of benzene rings is 2. The fourth-order valence-corrected chi connectivity index (χ4v) is 3.95. The molecule has 1 N–H and O–H groups in total. The summed E-state index contributed by atoms with van der Waals surface area (Å²) in [4.78, 5) is 28.7. The molecule has 0 aliphatic carbocycles. The number of methoxy groups -OCH3 is 2. The number of halogens is 1. The van der Waals surface area contributed by atoms with E-state index in [1.54, 1.807) is 36.4 Å². The lowest BCUT2D eigenvalue weighted by atomic mass is 9.95. The second-order valence-electron chi connectivity index (χ2n) is 7.90. The van der Waals surface area contributed by atoms with Crippen molar-refractivity contribution in [1.29, 1.82) is 0 Å². The van der Waals surface area contributed by atoms with Crippen LogP contribution >= 0.6 is 11.6 Å². The first-order valence-corrected chi connectivity index (χ1v) is 10.7. The van der Waals surface area contributed by atoms with Gasteiger partial charge in [0.05, 0.1) is 40.9 Å². The molecular weight excluding hydrogens is 432 g/mol. The Hall–Kier alpha value is -3.03. The van der Waals surface area contributed by atoms with E-state index in [0.717, 1.165) is 6.54 Å². The normalized spacial score (nSPS) is 17.8. The molecule has 1 aliphatic rings. The number of carbonyl (C=O) groups excluding carboxylic acids is 2. The number of carbonyl (C=O) groups is 2. The van der Waals surface area contributed by atoms with Gasteiger partial charge in [-0.2, -0.15) is 0 Å². The van der Waals surface area contributed by atoms with Crippen molar-refractivity contribution in [2.45, 2.75) is 12.5 Å². The van der Waals surface area contributed by atoms with E-state index in [-0.39, 0.29) is 11.1 Å². The first-order valence-electron chi connectivity index (χ1n) is 10.3. The Bertz CT molecular complexity index is 1030. The van der Waals surface area contributed by atoms with Crippen molar-refractivity contribution in [3.63, 3.8) is 0 Å². The molecule has 170 valence electrons. The summed E-state index contributed by atoms with van der Waals surface area (Å²) in [5.74, 6) is -1.12. The summed E-state index contributed by atoms with van der Waals surface area (Å²) in [5, 5.41) is 14.0. The molecule has 2 aromatic carbocycles. The zero-order valence-electron chi connectivity index (χ0n) is 18.6. The van der Waals surface area contributed by atoms with Crippen molar-refractivity contribution >= 4 is 29.1 Å². The Balaban J connectivity index is 2.11. The maximum absolute atomic E-state index is 13.5. The molecule has 1 heterocycles. The molecule has 0 saturated carbocycles. The molecule has 7 nitrogen and oxygen atoms in total. The van der Waals surface area contributed by atoms with Gasteiger partial charge in [0.15, 0.2) is 11.5 Å². The van der Waals surface area contributed by atoms with E-state index in [1.807, 2.05) is 14.1 Å². The highest BCUT2D eigenvalue weighted by Crippen LogP contribution is 2.40. The number of likely N-dealkylation sites (tertiary alicyclic amines) is 1. The summed E-state index contributed by atoms with van der Waals surface area (Å²) in [6, 6.07) is 10.8. The fraction of sp³-hybridized carbons (Fsp3) is 0.333. The molecule has 3 rings (SSSR count). The van der Waals surface area contributed by atoms with Gasteiger partial charge in [0.25, 0.3) is 5.91 Å². The number of ether oxygens (including phenoxy) is 2. The number of hydrogen-bond acceptors (Lipinski definition) is 5. The van der Waals surface area contributed by atoms with Crippen molar-refractivity contribution in [2.75, 3.05) is 41.4 Å². The van der Waals surface area contributed by atoms with Gasteiger partial charge in [-0.25, -0.2) is 0 Å². The summed E-state index contributed by atoms with van der Waals surface area (Å²) in [5.41, 5.74) is 0.841. The summed E-state index contributed by atoms with van der Waals surface area (Å²) in [6.45, 7) is 1.19. The van der Waals surface area contributed by atoms with Crippen LogP contribution in [0.15, 0.2) is 48.0 Å². The molecule has 1 unspecified atom stereocenters. The maximum Gasteiger partial charge on any atom is 0.295 e. The number of nitrogens with zero attached hydrogens (tertiary/aromatic N) is 1. The Labute approximate surface area is 192 Å². The molecule has 2 aromatic rings. The minimum Gasteiger partial charge on any atom is -0.872 e. The van der Waals surface area contributed by atoms with E-state index in [0.29, 0.717) is 35.1 Å². The van der Waals surface area contributed by atoms with Gasteiger partial charge in [-0.05, 0) is 35.4 Å². The molecule has 1 amide bonds. The third-order valence-corrected chi connectivity index (χ3v) is 5.69. The van der Waals surface area contributed by atoms with Crippen LogP contribution in [0, 0.1) is 0 Å². The van der Waals surface area contributed by atoms with Gasteiger partial charge in [0.2, 0.25) is 5.78 Å². The monoisotopic (exact) mass is 458 g/mol. The number of nitrogens with one attached hydrogen (secondary N) is 1. The average molecular weight is 459 g/mol. The Morgan fingerprint density at radius 1 is 1.06 bits per heavy atom. The van der Waals surface area contributed by atoms with Gasteiger partial charge >= 0.3 is 0 Å². The average Bonchev–Trinajstić information content (AvgIpc) is 3.03. The molecule has 0 spiro atoms. The van der Waals surface area contributed by atoms with Gasteiger partial charge in [-0.15, -0.1) is 0 Å². The van der Waals surface area contributed by atoms with Crippen LogP contribution < -0.4 is 19.5 Å². The van der Waals surface area contributed by atoms with Crippen LogP contribution in [0.25, 0.3) is 5.76 Å². The van der Waals surface area contributed by atoms with Crippen molar-refractivity contribution in [2.24, 2.45) is 0 Å². The summed E-state index contributed by atoms with van der Waals surface area (Å²) >= 11 is 6.04. The number of hydrogen-bond donors (Lipinski definition) is 1. The van der Waals surface area contributed by atoms with Crippen LogP contribution in [-0.2, 0) is 9.59 Å². The molecule has 1 fully saturated rings. The zero-order valence-corrected chi connectivity index (χ0v) is 19.4. The van der Waals surface area contributed by atoms with Crippen molar-refractivity contribution in [3.8, 4) is 11.5 Å². The lowest BCUT2D eigenvalue weighted by Crippen LogP contribution is -3.05. The second-order valence-corrected chi connectivity index (χ2v) is 8.34. The minimum atomic E-state index is -0.776. The molecule has 1 aliphatic heterocycles. The largest absolute Gasteiger partial charge is 0.872 e. The van der Waals surface area contributed by atoms with Crippen LogP contribution in [0.4, 0.5) is 0 Å². The van der Waals surface area contributed by atoms with Crippen molar-refractivity contribution < 1.29 is 29.1 Å². The standard InChI is InChI=1S/C24H27ClN2O5/c1-26(2)12-5-13-27-21(15-6-9-17(25)10-7-15)20(23(29)24(27)30)22(28)16-8-11-18(31-3)19(14-16)32-4/h6-11,14,21,28H,5,12-13H2,1-4H3. The highest BCUT2D eigenvalue weighted by Gasteiger charge is 2.43. The third kappa shape index (κ3) is 4.74. The summed E-state index contributed by atoms with van der Waals surface area (Å²) in [6.07, 6.45) is 0.698. The SMILES string of the molecule is COc1ccc(C([O-])=C2C(=O)C(=O)N(CCC[NH+](C)C)C2c2ccc(Cl)cc2)cc1OC. The lowest BCUT2D eigenvalue weighted by Gasteiger charge is -2.28. The van der Waals surface area contributed by atoms with Crippen LogP contribution in [0.1, 0.15) is 23.6 Å². The highest BCUT2D eigenvalue weighted by molar-refractivity contribution is 6.46. The predicted octanol–water partition coefficient (Wildman–Crippen LogP) is 1.12. The first kappa shape index (κ1) is 23.6. The van der Waals surface area contributed by atoms with Crippen LogP contribution in [-0.4, -0.2) is 58.0 Å². The molecule has 0 aromatic heterocycles. The lowest BCUT2D eigenvalue weighted by molar-refractivity contribution is -0.858. The van der Waals surface area contributed by atoms with E-state index in [9.17, 15) is 14.7 Å². The van der Waals surface area contributed by atoms with E-state index < -0.39 is 23.5 Å². The molecule has 32 heavy (non-hydrogen) atoms. The Morgan fingerprint density at radius 2 is 1.72 bits per heavy atom. The molecular formula is C24H27ClN2O5. The second kappa shape index (κ2) is 10.1. The molecule has 0 radical (unpaired) electrons. The van der Waals surface area contributed by atoms with E-state index in [4.69, 9.17) is 21.1 Å². The quantitative estimate of drug-likeness (QED) is 0.364. The maximum atomic E-state index is 13.5. The van der Waals surface area contributed by atoms with E-state index in [2.05, 4.69) is 0 Å². The van der Waals surface area contributed by atoms with Crippen molar-refractivity contribution in [1.82, 2.24) is 4.90 Å². The van der Waals surface area contributed by atoms with Crippen LogP contribution in [0.5, 0.6) is 11.5 Å². The molecule has 1 saturated heterocycles. The Morgan fingerprint density at radius 3 is 2.31 bits per heavy atom. The third-order valence-electron chi connectivity index (χ3n) is 5.44. The van der Waals surface area contributed by atoms with Crippen LogP contribution in [0.2, 0.25) is 5.02 Å². The van der Waals surface area contributed by atoms with Crippen LogP contribution in [0.3, 0.4) is 0 Å². The highest BCUT2D eigenvalue weighted by atomic mass is 35.5. The fourth-order valence-electron chi connectivity index (χ4n) is 3.83. The predicted molar refractivity (Wildman–Crippen MR) is 120 cm³/mol. The number of amides is 1. The van der Waals surface area contributed by atoms with Gasteiger partial charge in [-0.1, -0.05) is 35.6 Å². The van der Waals surface area contributed by atoms with Gasteiger partial charge in [0, 0.05) is 23.6 Å². The number of quaternary nitrogens is 1. The molecule has 0 bridgehead atoms. The number of Topliss-reactive ketones (excluding diaryl/α,β-unsaturated/α-hetero) is 1. The van der Waals surface area contributed by atoms with E-state index >= 15 is 0 Å². The van der Waals surface area contributed by atoms with Crippen molar-refractivity contribution in [3.05, 3.63) is 64.2 Å². The molecule has 1 atom stereocenters. The van der Waals surface area contributed by atoms with Gasteiger partial charge < -0.3 is 24.4 Å². The van der Waals surface area contributed by atoms with Gasteiger partial charge in [-0.3, -0.25) is 9.59 Å². The van der Waals surface area contributed by atoms with E-state index in [1.165, 1.54) is 30.1 Å². The number of ketones is 1. The number of rotatable bonds is 8. The summed E-state index contributed by atoms with van der Waals surface area (Å²) in [7, 11) is 7.00. The smallest absolute Gasteiger partial charge is 0.295 e. The summed E-state index contributed by atoms with van der Waals surface area (Å²) < 4.78 is 10.5. The minimum absolute atomic E-state index is 0.0678. The topological polar surface area (TPSA) is 83.3 Å². The first-order chi connectivity index (χ1) is 15.3. The van der Waals surface area contributed by atoms with Gasteiger partial charge in [0.1, 0.15) is 0 Å². The zero-order chi connectivity index (χ0) is 23.4.